The maximum atomic E-state index is 11.5. The monoisotopic (exact) mass is 478 g/mol. The highest BCUT2D eigenvalue weighted by Gasteiger charge is 2.59. The van der Waals surface area contributed by atoms with E-state index in [1.165, 1.54) is 41.1 Å². The van der Waals surface area contributed by atoms with E-state index < -0.39 is 16.1 Å². The summed E-state index contributed by atoms with van der Waals surface area (Å²) in [5.41, 5.74) is 2.75. The van der Waals surface area contributed by atoms with Crippen LogP contribution in [0.25, 0.3) is 16.8 Å². The molecular weight excluding hydrogens is 452 g/mol. The van der Waals surface area contributed by atoms with Gasteiger partial charge in [-0.05, 0) is 60.0 Å². The SMILES string of the molecule is COc1cc([N+](=O)[O-])cc2c1OC1(C=C2)N(Cc2ccc3ccccc3c2)c2ccccc2C1(C)C. The van der Waals surface area contributed by atoms with Gasteiger partial charge in [-0.3, -0.25) is 10.1 Å². The number of methoxy groups -OCH3 is 1. The fourth-order valence-electron chi connectivity index (χ4n) is 5.64. The fraction of sp³-hybridized carbons (Fsp3) is 0.200. The lowest BCUT2D eigenvalue weighted by Gasteiger charge is -2.47. The lowest BCUT2D eigenvalue weighted by molar-refractivity contribution is -0.385. The molecule has 1 spiro atoms. The Labute approximate surface area is 209 Å². The molecule has 6 nitrogen and oxygen atoms in total. The summed E-state index contributed by atoms with van der Waals surface area (Å²) in [5, 5.41) is 13.9. The van der Waals surface area contributed by atoms with Crippen LogP contribution in [0.5, 0.6) is 11.5 Å². The molecule has 2 aliphatic rings. The molecular formula is C30H26N2O4. The number of ether oxygens (including phenoxy) is 2. The van der Waals surface area contributed by atoms with Crippen LogP contribution in [0.15, 0.2) is 84.9 Å². The van der Waals surface area contributed by atoms with Crippen LogP contribution >= 0.6 is 0 Å². The van der Waals surface area contributed by atoms with Crippen molar-refractivity contribution in [2.45, 2.75) is 31.5 Å². The first-order chi connectivity index (χ1) is 17.3. The van der Waals surface area contributed by atoms with Gasteiger partial charge in [-0.25, -0.2) is 0 Å². The summed E-state index contributed by atoms with van der Waals surface area (Å²) in [6.45, 7) is 4.99. The molecule has 0 amide bonds. The van der Waals surface area contributed by atoms with E-state index in [1.807, 2.05) is 24.3 Å². The Hall–Kier alpha value is -4.32. The Morgan fingerprint density at radius 2 is 1.72 bits per heavy atom. The predicted octanol–water partition coefficient (Wildman–Crippen LogP) is 6.86. The summed E-state index contributed by atoms with van der Waals surface area (Å²) in [5.74, 6) is 0.857. The lowest BCUT2D eigenvalue weighted by atomic mass is 9.76. The van der Waals surface area contributed by atoms with Gasteiger partial charge in [0.1, 0.15) is 0 Å². The van der Waals surface area contributed by atoms with Crippen molar-refractivity contribution < 1.29 is 14.4 Å². The van der Waals surface area contributed by atoms with Crippen LogP contribution in [0.4, 0.5) is 11.4 Å². The highest BCUT2D eigenvalue weighted by atomic mass is 16.6. The number of nitro benzene ring substituents is 1. The second-order valence-electron chi connectivity index (χ2n) is 9.87. The highest BCUT2D eigenvalue weighted by molar-refractivity contribution is 5.83. The van der Waals surface area contributed by atoms with Crippen LogP contribution in [0.1, 0.15) is 30.5 Å². The summed E-state index contributed by atoms with van der Waals surface area (Å²) in [4.78, 5) is 13.4. The van der Waals surface area contributed by atoms with Gasteiger partial charge in [0, 0.05) is 23.9 Å². The topological polar surface area (TPSA) is 64.8 Å². The van der Waals surface area contributed by atoms with Crippen molar-refractivity contribution in [3.63, 3.8) is 0 Å². The maximum Gasteiger partial charge on any atom is 0.274 e. The van der Waals surface area contributed by atoms with Crippen LogP contribution in [0.2, 0.25) is 0 Å². The molecule has 36 heavy (non-hydrogen) atoms. The van der Waals surface area contributed by atoms with E-state index in [-0.39, 0.29) is 5.69 Å². The summed E-state index contributed by atoms with van der Waals surface area (Å²) in [7, 11) is 1.51. The molecule has 1 atom stereocenters. The summed E-state index contributed by atoms with van der Waals surface area (Å²) < 4.78 is 12.5. The van der Waals surface area contributed by atoms with Gasteiger partial charge in [-0.2, -0.15) is 0 Å². The number of para-hydroxylation sites is 1. The Kier molecular flexibility index (Phi) is 4.83. The standard InChI is InChI=1S/C30H26N2O4/c1-29(2)25-10-6-7-11-26(25)31(19-20-12-13-21-8-4-5-9-22(21)16-20)30(29)15-14-23-17-24(32(33)34)18-27(35-3)28(23)36-30/h4-18H,19H2,1-3H3. The highest BCUT2D eigenvalue weighted by Crippen LogP contribution is 2.56. The Morgan fingerprint density at radius 1 is 0.972 bits per heavy atom. The first-order valence-electron chi connectivity index (χ1n) is 11.9. The molecule has 1 unspecified atom stereocenters. The molecule has 0 bridgehead atoms. The molecule has 4 aromatic carbocycles. The van der Waals surface area contributed by atoms with Crippen molar-refractivity contribution in [2.24, 2.45) is 0 Å². The van der Waals surface area contributed by atoms with Gasteiger partial charge in [0.2, 0.25) is 5.72 Å². The van der Waals surface area contributed by atoms with Gasteiger partial charge in [-0.1, -0.05) is 54.6 Å². The van der Waals surface area contributed by atoms with Crippen molar-refractivity contribution in [1.29, 1.82) is 0 Å². The van der Waals surface area contributed by atoms with Crippen molar-refractivity contribution >= 4 is 28.2 Å². The number of benzene rings is 4. The second kappa shape index (κ2) is 7.85. The van der Waals surface area contributed by atoms with Crippen LogP contribution < -0.4 is 14.4 Å². The average molecular weight is 479 g/mol. The normalized spacial score (nSPS) is 19.1. The number of hydrogen-bond donors (Lipinski definition) is 0. The molecule has 4 aromatic rings. The lowest BCUT2D eigenvalue weighted by Crippen LogP contribution is -2.59. The van der Waals surface area contributed by atoms with Crippen LogP contribution in [0, 0.1) is 10.1 Å². The number of fused-ring (bicyclic) bond motifs is 3. The third-order valence-corrected chi connectivity index (χ3v) is 7.56. The summed E-state index contributed by atoms with van der Waals surface area (Å²) >= 11 is 0. The molecule has 2 aliphatic heterocycles. The van der Waals surface area contributed by atoms with Gasteiger partial charge in [-0.15, -0.1) is 0 Å². The Balaban J connectivity index is 1.51. The summed E-state index contributed by atoms with van der Waals surface area (Å²) in [6.07, 6.45) is 3.97. The zero-order chi connectivity index (χ0) is 25.1. The minimum atomic E-state index is -0.862. The molecule has 6 rings (SSSR count). The largest absolute Gasteiger partial charge is 0.493 e. The van der Waals surface area contributed by atoms with Crippen LogP contribution in [-0.2, 0) is 12.0 Å². The Morgan fingerprint density at radius 3 is 2.50 bits per heavy atom. The predicted molar refractivity (Wildman–Crippen MR) is 142 cm³/mol. The number of non-ortho nitro benzene ring substituents is 1. The minimum absolute atomic E-state index is 0.0308. The van der Waals surface area contributed by atoms with Crippen LogP contribution in [0.3, 0.4) is 0 Å². The molecule has 0 aliphatic carbocycles. The van der Waals surface area contributed by atoms with Crippen LogP contribution in [-0.4, -0.2) is 17.8 Å². The molecule has 0 radical (unpaired) electrons. The molecule has 0 saturated carbocycles. The molecule has 0 fully saturated rings. The quantitative estimate of drug-likeness (QED) is 0.237. The fourth-order valence-corrected chi connectivity index (χ4v) is 5.64. The van der Waals surface area contributed by atoms with E-state index in [4.69, 9.17) is 9.47 Å². The van der Waals surface area contributed by atoms with E-state index in [0.717, 1.165) is 5.69 Å². The molecule has 6 heteroatoms. The number of anilines is 1. The summed E-state index contributed by atoms with van der Waals surface area (Å²) in [6, 6.07) is 26.2. The van der Waals surface area contributed by atoms with Gasteiger partial charge >= 0.3 is 0 Å². The van der Waals surface area contributed by atoms with Gasteiger partial charge < -0.3 is 14.4 Å². The molecule has 2 heterocycles. The Bertz CT molecular complexity index is 1560. The van der Waals surface area contributed by atoms with E-state index >= 15 is 0 Å². The molecule has 180 valence electrons. The van der Waals surface area contributed by atoms with Crippen molar-refractivity contribution in [3.8, 4) is 11.5 Å². The van der Waals surface area contributed by atoms with Gasteiger partial charge in [0.15, 0.2) is 11.5 Å². The first kappa shape index (κ1) is 22.2. The van der Waals surface area contributed by atoms with Gasteiger partial charge in [0.05, 0.1) is 23.5 Å². The zero-order valence-electron chi connectivity index (χ0n) is 20.4. The minimum Gasteiger partial charge on any atom is -0.493 e. The smallest absolute Gasteiger partial charge is 0.274 e. The molecule has 0 saturated heterocycles. The second-order valence-corrected chi connectivity index (χ2v) is 9.87. The number of nitro groups is 1. The third-order valence-electron chi connectivity index (χ3n) is 7.56. The van der Waals surface area contributed by atoms with E-state index in [0.29, 0.717) is 23.6 Å². The number of rotatable bonds is 4. The number of nitrogens with zero attached hydrogens (tertiary/aromatic N) is 2. The van der Waals surface area contributed by atoms with Crippen molar-refractivity contribution in [3.05, 3.63) is 112 Å². The maximum absolute atomic E-state index is 11.5. The van der Waals surface area contributed by atoms with Crippen molar-refractivity contribution in [2.75, 3.05) is 12.0 Å². The van der Waals surface area contributed by atoms with E-state index in [2.05, 4.69) is 73.3 Å². The van der Waals surface area contributed by atoms with E-state index in [9.17, 15) is 10.1 Å². The third kappa shape index (κ3) is 3.10. The van der Waals surface area contributed by atoms with Crippen molar-refractivity contribution in [1.82, 2.24) is 0 Å². The number of hydrogen-bond acceptors (Lipinski definition) is 5. The molecule has 0 aromatic heterocycles. The van der Waals surface area contributed by atoms with E-state index in [1.54, 1.807) is 0 Å². The average Bonchev–Trinajstić information content (AvgIpc) is 3.06. The zero-order valence-corrected chi connectivity index (χ0v) is 20.4. The first-order valence-corrected chi connectivity index (χ1v) is 11.9. The van der Waals surface area contributed by atoms with Gasteiger partial charge in [0.25, 0.3) is 5.69 Å². The molecule has 0 N–H and O–H groups in total.